The molecule has 0 amide bonds. The van der Waals surface area contributed by atoms with E-state index in [4.69, 9.17) is 14.2 Å². The van der Waals surface area contributed by atoms with Gasteiger partial charge in [0.2, 0.25) is 0 Å². The van der Waals surface area contributed by atoms with Gasteiger partial charge in [-0.15, -0.1) is 5.10 Å². The molecule has 142 valence electrons. The predicted octanol–water partition coefficient (Wildman–Crippen LogP) is 1.52. The average molecular weight is 379 g/mol. The Morgan fingerprint density at radius 1 is 1.18 bits per heavy atom. The molecule has 0 saturated heterocycles. The van der Waals surface area contributed by atoms with Crippen LogP contribution >= 0.6 is 0 Å². The summed E-state index contributed by atoms with van der Waals surface area (Å²) < 4.78 is 19.4. The number of ether oxygens (including phenoxy) is 3. The summed E-state index contributed by atoms with van der Waals surface area (Å²) in [6, 6.07) is 7.41. The van der Waals surface area contributed by atoms with Crippen molar-refractivity contribution in [3.05, 3.63) is 47.0 Å². The molecular formula is C19H17N5O4. The maximum atomic E-state index is 12.7. The maximum Gasteiger partial charge on any atom is 0.261 e. The fourth-order valence-corrected chi connectivity index (χ4v) is 3.23. The van der Waals surface area contributed by atoms with Gasteiger partial charge in [0.05, 0.1) is 17.5 Å². The van der Waals surface area contributed by atoms with Gasteiger partial charge in [-0.3, -0.25) is 4.79 Å². The molecule has 0 N–H and O–H groups in total. The van der Waals surface area contributed by atoms with Gasteiger partial charge in [-0.1, -0.05) is 0 Å². The molecule has 28 heavy (non-hydrogen) atoms. The van der Waals surface area contributed by atoms with E-state index in [9.17, 15) is 4.79 Å². The topological polar surface area (TPSA) is 92.8 Å². The summed E-state index contributed by atoms with van der Waals surface area (Å²) in [5.74, 6) is 2.30. The minimum Gasteiger partial charge on any atom is -0.486 e. The van der Waals surface area contributed by atoms with Gasteiger partial charge >= 0.3 is 0 Å². The Bertz CT molecular complexity index is 1250. The number of aromatic nitrogens is 5. The monoisotopic (exact) mass is 379 g/mol. The van der Waals surface area contributed by atoms with Crippen LogP contribution in [-0.4, -0.2) is 51.1 Å². The molecule has 0 bridgehead atoms. The second-order valence-electron chi connectivity index (χ2n) is 6.37. The summed E-state index contributed by atoms with van der Waals surface area (Å²) in [4.78, 5) is 21.5. The SMILES string of the molecule is COCCn1ccc2c(cnc3nc(-c4ccc5c(c4)OCCO5)nn32)c1=O. The molecule has 1 aliphatic rings. The summed E-state index contributed by atoms with van der Waals surface area (Å²) in [6.07, 6.45) is 3.27. The van der Waals surface area contributed by atoms with Crippen LogP contribution in [0.5, 0.6) is 11.5 Å². The Kier molecular flexibility index (Phi) is 3.94. The first-order valence-corrected chi connectivity index (χ1v) is 8.88. The number of fused-ring (bicyclic) bond motifs is 4. The van der Waals surface area contributed by atoms with Crippen LogP contribution in [-0.2, 0) is 11.3 Å². The van der Waals surface area contributed by atoms with E-state index in [0.29, 0.717) is 60.4 Å². The van der Waals surface area contributed by atoms with Crippen molar-refractivity contribution < 1.29 is 14.2 Å². The molecular weight excluding hydrogens is 362 g/mol. The summed E-state index contributed by atoms with van der Waals surface area (Å²) in [7, 11) is 1.60. The zero-order chi connectivity index (χ0) is 19.1. The van der Waals surface area contributed by atoms with Gasteiger partial charge < -0.3 is 18.8 Å². The molecule has 5 rings (SSSR count). The number of rotatable bonds is 4. The third kappa shape index (κ3) is 2.67. The molecule has 0 fully saturated rings. The largest absolute Gasteiger partial charge is 0.486 e. The van der Waals surface area contributed by atoms with Crippen LogP contribution in [0.1, 0.15) is 0 Å². The van der Waals surface area contributed by atoms with Gasteiger partial charge in [-0.05, 0) is 24.3 Å². The Morgan fingerprint density at radius 3 is 2.89 bits per heavy atom. The van der Waals surface area contributed by atoms with Gasteiger partial charge in [0.1, 0.15) is 13.2 Å². The Labute approximate surface area is 159 Å². The van der Waals surface area contributed by atoms with E-state index >= 15 is 0 Å². The second kappa shape index (κ2) is 6.61. The lowest BCUT2D eigenvalue weighted by molar-refractivity contribution is 0.171. The second-order valence-corrected chi connectivity index (χ2v) is 6.37. The molecule has 4 aromatic rings. The number of benzene rings is 1. The molecule has 0 spiro atoms. The zero-order valence-electron chi connectivity index (χ0n) is 15.2. The highest BCUT2D eigenvalue weighted by atomic mass is 16.6. The van der Waals surface area contributed by atoms with Crippen LogP contribution < -0.4 is 15.0 Å². The Morgan fingerprint density at radius 2 is 2.04 bits per heavy atom. The lowest BCUT2D eigenvalue weighted by Gasteiger charge is -2.18. The van der Waals surface area contributed by atoms with Crippen LogP contribution in [0, 0.1) is 0 Å². The molecule has 0 saturated carbocycles. The highest BCUT2D eigenvalue weighted by molar-refractivity contribution is 5.79. The third-order valence-corrected chi connectivity index (χ3v) is 4.64. The van der Waals surface area contributed by atoms with Gasteiger partial charge in [-0.2, -0.15) is 9.50 Å². The van der Waals surface area contributed by atoms with Gasteiger partial charge in [0, 0.05) is 31.6 Å². The van der Waals surface area contributed by atoms with Crippen molar-refractivity contribution in [2.24, 2.45) is 0 Å². The highest BCUT2D eigenvalue weighted by Gasteiger charge is 2.16. The minimum atomic E-state index is -0.139. The fraction of sp³-hybridized carbons (Fsp3) is 0.263. The van der Waals surface area contributed by atoms with E-state index in [-0.39, 0.29) is 5.56 Å². The first kappa shape index (κ1) is 16.7. The van der Waals surface area contributed by atoms with E-state index in [1.165, 1.54) is 0 Å². The van der Waals surface area contributed by atoms with Crippen molar-refractivity contribution in [3.8, 4) is 22.9 Å². The molecule has 0 aliphatic carbocycles. The first-order chi connectivity index (χ1) is 13.7. The van der Waals surface area contributed by atoms with E-state index in [0.717, 1.165) is 5.56 Å². The van der Waals surface area contributed by atoms with Crippen molar-refractivity contribution in [2.75, 3.05) is 26.9 Å². The summed E-state index contributed by atoms with van der Waals surface area (Å²) in [6.45, 7) is 1.98. The summed E-state index contributed by atoms with van der Waals surface area (Å²) in [5.41, 5.74) is 1.30. The fourth-order valence-electron chi connectivity index (χ4n) is 3.23. The minimum absolute atomic E-state index is 0.139. The van der Waals surface area contributed by atoms with Crippen LogP contribution in [0.25, 0.3) is 28.1 Å². The smallest absolute Gasteiger partial charge is 0.261 e. The molecule has 0 radical (unpaired) electrons. The summed E-state index contributed by atoms with van der Waals surface area (Å²) in [5, 5.41) is 5.04. The van der Waals surface area contributed by atoms with E-state index < -0.39 is 0 Å². The van der Waals surface area contributed by atoms with Crippen LogP contribution in [0.15, 0.2) is 41.5 Å². The molecule has 0 atom stereocenters. The van der Waals surface area contributed by atoms with Gasteiger partial charge in [0.15, 0.2) is 17.3 Å². The molecule has 3 aromatic heterocycles. The van der Waals surface area contributed by atoms with Crippen molar-refractivity contribution in [3.63, 3.8) is 0 Å². The van der Waals surface area contributed by atoms with Crippen molar-refractivity contribution in [1.82, 2.24) is 24.1 Å². The van der Waals surface area contributed by atoms with Gasteiger partial charge in [-0.25, -0.2) is 4.98 Å². The number of pyridine rings is 1. The molecule has 4 heterocycles. The van der Waals surface area contributed by atoms with Crippen LogP contribution in [0.2, 0.25) is 0 Å². The third-order valence-electron chi connectivity index (χ3n) is 4.64. The maximum absolute atomic E-state index is 12.7. The van der Waals surface area contributed by atoms with Crippen LogP contribution in [0.3, 0.4) is 0 Å². The van der Waals surface area contributed by atoms with E-state index in [2.05, 4.69) is 15.1 Å². The summed E-state index contributed by atoms with van der Waals surface area (Å²) >= 11 is 0. The number of methoxy groups -OCH3 is 1. The molecule has 9 nitrogen and oxygen atoms in total. The van der Waals surface area contributed by atoms with Crippen molar-refractivity contribution in [1.29, 1.82) is 0 Å². The lowest BCUT2D eigenvalue weighted by Crippen LogP contribution is -2.22. The first-order valence-electron chi connectivity index (χ1n) is 8.88. The highest BCUT2D eigenvalue weighted by Crippen LogP contribution is 2.33. The number of hydrogen-bond acceptors (Lipinski definition) is 7. The number of nitrogens with zero attached hydrogens (tertiary/aromatic N) is 5. The quantitative estimate of drug-likeness (QED) is 0.531. The standard InChI is InChI=1S/C19H17N5O4/c1-26-7-6-23-5-4-14-13(18(23)25)11-20-19-21-17(22-24(14)19)12-2-3-15-16(10-12)28-9-8-27-15/h2-5,10-11H,6-9H2,1H3. The predicted molar refractivity (Wildman–Crippen MR) is 101 cm³/mol. The zero-order valence-corrected chi connectivity index (χ0v) is 15.2. The van der Waals surface area contributed by atoms with E-state index in [1.54, 1.807) is 28.6 Å². The van der Waals surface area contributed by atoms with E-state index in [1.807, 2.05) is 24.3 Å². The Balaban J connectivity index is 1.62. The van der Waals surface area contributed by atoms with Crippen molar-refractivity contribution >= 4 is 16.7 Å². The molecule has 9 heteroatoms. The molecule has 1 aliphatic heterocycles. The molecule has 1 aromatic carbocycles. The normalized spacial score (nSPS) is 13.3. The molecule has 0 unspecified atom stereocenters. The lowest BCUT2D eigenvalue weighted by atomic mass is 10.2. The van der Waals surface area contributed by atoms with Crippen LogP contribution in [0.4, 0.5) is 0 Å². The van der Waals surface area contributed by atoms with Gasteiger partial charge in [0.25, 0.3) is 11.3 Å². The van der Waals surface area contributed by atoms with Crippen molar-refractivity contribution in [2.45, 2.75) is 6.54 Å². The Hall–Kier alpha value is -3.46. The average Bonchev–Trinajstić information content (AvgIpc) is 3.18. The number of hydrogen-bond donors (Lipinski definition) is 0.